The van der Waals surface area contributed by atoms with Crippen molar-refractivity contribution in [3.8, 4) is 0 Å². The van der Waals surface area contributed by atoms with E-state index in [0.29, 0.717) is 17.6 Å². The zero-order chi connectivity index (χ0) is 17.8. The first-order valence-electron chi connectivity index (χ1n) is 9.01. The second-order valence-corrected chi connectivity index (χ2v) is 6.95. The molecule has 3 rings (SSSR count). The van der Waals surface area contributed by atoms with E-state index < -0.39 is 0 Å². The Balaban J connectivity index is 1.75. The monoisotopic (exact) mass is 338 g/mol. The Kier molecular flexibility index (Phi) is 5.31. The van der Waals surface area contributed by atoms with Crippen LogP contribution in [0.3, 0.4) is 0 Å². The zero-order valence-electron chi connectivity index (χ0n) is 15.2. The van der Waals surface area contributed by atoms with Crippen LogP contribution < -0.4 is 5.32 Å². The Bertz CT molecular complexity index is 755. The Labute approximate surface area is 149 Å². The highest BCUT2D eigenvalue weighted by Crippen LogP contribution is 2.38. The fraction of sp³-hybridized carbons (Fsp3) is 0.450. The molecule has 1 heterocycles. The summed E-state index contributed by atoms with van der Waals surface area (Å²) in [5, 5.41) is 16.1. The average Bonchev–Trinajstić information content (AvgIpc) is 2.92. The van der Waals surface area contributed by atoms with Crippen molar-refractivity contribution in [3.05, 3.63) is 52.8 Å². The molecule has 132 valence electrons. The molecule has 0 aliphatic heterocycles. The van der Waals surface area contributed by atoms with E-state index >= 15 is 0 Å². The molecule has 1 aromatic heterocycles. The Morgan fingerprint density at radius 3 is 2.76 bits per heavy atom. The lowest BCUT2D eigenvalue weighted by Gasteiger charge is -2.19. The van der Waals surface area contributed by atoms with Gasteiger partial charge < -0.3 is 10.5 Å². The summed E-state index contributed by atoms with van der Waals surface area (Å²) in [6, 6.07) is 6.88. The van der Waals surface area contributed by atoms with Gasteiger partial charge in [-0.15, -0.1) is 0 Å². The Hall–Kier alpha value is -2.43. The van der Waals surface area contributed by atoms with Crippen molar-refractivity contribution in [2.24, 2.45) is 11.1 Å². The summed E-state index contributed by atoms with van der Waals surface area (Å²) in [5.74, 6) is 1.11. The summed E-state index contributed by atoms with van der Waals surface area (Å²) in [6.45, 7) is 6.49. The van der Waals surface area contributed by atoms with Gasteiger partial charge in [0.1, 0.15) is 0 Å². The number of oxime groups is 1. The normalized spacial score (nSPS) is 19.7. The highest BCUT2D eigenvalue weighted by Gasteiger charge is 2.29. The van der Waals surface area contributed by atoms with E-state index in [2.05, 4.69) is 59.4 Å². The minimum absolute atomic E-state index is 0.229. The van der Waals surface area contributed by atoms with Crippen LogP contribution in [0.25, 0.3) is 0 Å². The molecule has 25 heavy (non-hydrogen) atoms. The van der Waals surface area contributed by atoms with Gasteiger partial charge >= 0.3 is 0 Å². The van der Waals surface area contributed by atoms with E-state index in [9.17, 15) is 5.21 Å². The van der Waals surface area contributed by atoms with Gasteiger partial charge in [0.25, 0.3) is 0 Å². The highest BCUT2D eigenvalue weighted by molar-refractivity contribution is 5.99. The molecule has 0 unspecified atom stereocenters. The molecule has 0 spiro atoms. The second-order valence-electron chi connectivity index (χ2n) is 6.95. The van der Waals surface area contributed by atoms with Crippen LogP contribution in [0.2, 0.25) is 0 Å². The lowest BCUT2D eigenvalue weighted by atomic mass is 10.0. The smallest absolute Gasteiger partial charge is 0.223 e. The summed E-state index contributed by atoms with van der Waals surface area (Å²) >= 11 is 0. The first kappa shape index (κ1) is 17.4. The minimum atomic E-state index is 0.229. The second kappa shape index (κ2) is 7.64. The summed E-state index contributed by atoms with van der Waals surface area (Å²) in [6.07, 6.45) is 7.31. The number of hydrogen-bond donors (Lipinski definition) is 2. The Morgan fingerprint density at radius 1 is 1.32 bits per heavy atom. The van der Waals surface area contributed by atoms with Gasteiger partial charge in [0.2, 0.25) is 5.95 Å². The molecule has 0 amide bonds. The number of nitrogens with one attached hydrogen (secondary N) is 1. The number of rotatable bonds is 6. The lowest BCUT2D eigenvalue weighted by Crippen LogP contribution is -2.16. The van der Waals surface area contributed by atoms with Crippen molar-refractivity contribution in [1.29, 1.82) is 0 Å². The number of aromatic nitrogens is 2. The van der Waals surface area contributed by atoms with Crippen LogP contribution in [0.5, 0.6) is 0 Å². The van der Waals surface area contributed by atoms with E-state index in [4.69, 9.17) is 0 Å². The van der Waals surface area contributed by atoms with E-state index in [1.807, 2.05) is 0 Å². The number of fused-ring (bicyclic) bond motifs is 1. The maximum atomic E-state index is 9.19. The number of anilines is 1. The van der Waals surface area contributed by atoms with Crippen LogP contribution in [0, 0.1) is 12.8 Å². The van der Waals surface area contributed by atoms with Crippen molar-refractivity contribution in [3.63, 3.8) is 0 Å². The van der Waals surface area contributed by atoms with Gasteiger partial charge in [0, 0.05) is 18.0 Å². The number of aryl methyl sites for hydroxylation is 1. The third kappa shape index (κ3) is 3.81. The maximum absolute atomic E-state index is 9.19. The summed E-state index contributed by atoms with van der Waals surface area (Å²) in [5.41, 5.74) is 5.44. The van der Waals surface area contributed by atoms with Gasteiger partial charge in [-0.3, -0.25) is 0 Å². The van der Waals surface area contributed by atoms with Crippen LogP contribution in [-0.2, 0) is 6.42 Å². The minimum Gasteiger partial charge on any atom is -0.411 e. The first-order valence-corrected chi connectivity index (χ1v) is 9.01. The standard InChI is InChI=1S/C20H26N4O/c1-4-5-6-18(24-25)16-11-21-20(22-12-16)23-19-14(3)10-15-8-7-13(2)9-17(15)19/h7-9,11-12,14,19,25H,4-6,10H2,1-3H3,(H,21,22,23)/b24-18+/t14-,19+/m0/s1. The molecule has 0 radical (unpaired) electrons. The van der Waals surface area contributed by atoms with Gasteiger partial charge in [0.05, 0.1) is 11.8 Å². The van der Waals surface area contributed by atoms with Crippen LogP contribution >= 0.6 is 0 Å². The van der Waals surface area contributed by atoms with Crippen LogP contribution in [-0.4, -0.2) is 20.9 Å². The van der Waals surface area contributed by atoms with Crippen molar-refractivity contribution in [1.82, 2.24) is 9.97 Å². The number of hydrogen-bond acceptors (Lipinski definition) is 5. The molecule has 0 saturated heterocycles. The third-order valence-electron chi connectivity index (χ3n) is 4.90. The number of nitrogens with zero attached hydrogens (tertiary/aromatic N) is 3. The molecule has 5 heteroatoms. The fourth-order valence-corrected chi connectivity index (χ4v) is 3.47. The molecule has 1 aliphatic rings. The van der Waals surface area contributed by atoms with Crippen LogP contribution in [0.15, 0.2) is 35.7 Å². The molecular formula is C20H26N4O. The molecule has 0 saturated carbocycles. The topological polar surface area (TPSA) is 70.4 Å². The average molecular weight is 338 g/mol. The van der Waals surface area contributed by atoms with E-state index in [0.717, 1.165) is 31.2 Å². The number of unbranched alkanes of at least 4 members (excludes halogenated alkanes) is 1. The molecule has 2 N–H and O–H groups in total. The van der Waals surface area contributed by atoms with Crippen molar-refractivity contribution < 1.29 is 5.21 Å². The lowest BCUT2D eigenvalue weighted by molar-refractivity contribution is 0.317. The van der Waals surface area contributed by atoms with Gasteiger partial charge in [-0.05, 0) is 43.2 Å². The van der Waals surface area contributed by atoms with E-state index in [1.165, 1.54) is 16.7 Å². The van der Waals surface area contributed by atoms with Crippen LogP contribution in [0.1, 0.15) is 61.4 Å². The highest BCUT2D eigenvalue weighted by atomic mass is 16.4. The summed E-state index contributed by atoms with van der Waals surface area (Å²) in [4.78, 5) is 8.87. The maximum Gasteiger partial charge on any atom is 0.223 e. The molecule has 0 fully saturated rings. The van der Waals surface area contributed by atoms with Gasteiger partial charge in [-0.1, -0.05) is 49.2 Å². The van der Waals surface area contributed by atoms with Crippen molar-refractivity contribution in [2.45, 2.75) is 52.5 Å². The summed E-state index contributed by atoms with van der Waals surface area (Å²) < 4.78 is 0. The fourth-order valence-electron chi connectivity index (χ4n) is 3.47. The van der Waals surface area contributed by atoms with Crippen molar-refractivity contribution in [2.75, 3.05) is 5.32 Å². The SMILES string of the molecule is CCCC/C(=N\O)c1cnc(N[C@H]2c3cc(C)ccc3C[C@@H]2C)nc1. The number of benzene rings is 1. The summed E-state index contributed by atoms with van der Waals surface area (Å²) in [7, 11) is 0. The Morgan fingerprint density at radius 2 is 2.08 bits per heavy atom. The first-order chi connectivity index (χ1) is 12.1. The predicted molar refractivity (Wildman–Crippen MR) is 100 cm³/mol. The third-order valence-corrected chi connectivity index (χ3v) is 4.90. The predicted octanol–water partition coefficient (Wildman–Crippen LogP) is 4.50. The molecule has 1 aliphatic carbocycles. The van der Waals surface area contributed by atoms with Crippen molar-refractivity contribution >= 4 is 11.7 Å². The molecule has 1 aromatic carbocycles. The largest absolute Gasteiger partial charge is 0.411 e. The van der Waals surface area contributed by atoms with Crippen LogP contribution in [0.4, 0.5) is 5.95 Å². The quantitative estimate of drug-likeness (QED) is 0.462. The zero-order valence-corrected chi connectivity index (χ0v) is 15.2. The molecule has 2 aromatic rings. The molecule has 0 bridgehead atoms. The molecule has 2 atom stereocenters. The molecular weight excluding hydrogens is 312 g/mol. The van der Waals surface area contributed by atoms with Gasteiger partial charge in [0.15, 0.2) is 0 Å². The van der Waals surface area contributed by atoms with Gasteiger partial charge in [-0.25, -0.2) is 9.97 Å². The van der Waals surface area contributed by atoms with E-state index in [-0.39, 0.29) is 6.04 Å². The van der Waals surface area contributed by atoms with Gasteiger partial charge in [-0.2, -0.15) is 0 Å². The van der Waals surface area contributed by atoms with E-state index in [1.54, 1.807) is 12.4 Å². The molecule has 5 nitrogen and oxygen atoms in total.